The molecule has 0 spiro atoms. The van der Waals surface area contributed by atoms with E-state index in [-0.39, 0.29) is 38.9 Å². The maximum atomic E-state index is 13.6. The second-order valence-electron chi connectivity index (χ2n) is 8.19. The highest BCUT2D eigenvalue weighted by Crippen LogP contribution is 2.39. The van der Waals surface area contributed by atoms with E-state index in [1.807, 2.05) is 0 Å². The van der Waals surface area contributed by atoms with Crippen LogP contribution in [0.15, 0.2) is 47.6 Å². The van der Waals surface area contributed by atoms with Gasteiger partial charge in [0.2, 0.25) is 5.82 Å². The fourth-order valence-corrected chi connectivity index (χ4v) is 4.00. The van der Waals surface area contributed by atoms with Gasteiger partial charge in [0.05, 0.1) is 17.1 Å². The number of pyridine rings is 1. The second kappa shape index (κ2) is 9.44. The summed E-state index contributed by atoms with van der Waals surface area (Å²) in [6, 6.07) is 4.42. The Bertz CT molecular complexity index is 1650. The third-order valence-corrected chi connectivity index (χ3v) is 5.96. The van der Waals surface area contributed by atoms with Crippen molar-refractivity contribution in [2.75, 3.05) is 11.9 Å². The molecule has 0 unspecified atom stereocenters. The average molecular weight is 570 g/mol. The zero-order chi connectivity index (χ0) is 28.1. The summed E-state index contributed by atoms with van der Waals surface area (Å²) in [7, 11) is 1.60. The highest BCUT2D eigenvalue weighted by atomic mass is 35.5. The van der Waals surface area contributed by atoms with Gasteiger partial charge in [-0.15, -0.1) is 0 Å². The Balaban J connectivity index is 1.47. The topological polar surface area (TPSA) is 112 Å². The molecular weight excluding hydrogens is 556 g/mol. The molecule has 0 radical (unpaired) electrons. The minimum atomic E-state index is -4.79. The van der Waals surface area contributed by atoms with Crippen LogP contribution in [-0.2, 0) is 12.4 Å². The molecule has 5 aromatic rings. The Morgan fingerprint density at radius 2 is 1.74 bits per heavy atom. The van der Waals surface area contributed by atoms with E-state index in [0.29, 0.717) is 5.82 Å². The number of hydrogen-bond acceptors (Lipinski definition) is 9. The van der Waals surface area contributed by atoms with Crippen molar-refractivity contribution in [2.24, 2.45) is 0 Å². The summed E-state index contributed by atoms with van der Waals surface area (Å²) in [5, 5.41) is 7.43. The van der Waals surface area contributed by atoms with Gasteiger partial charge in [-0.3, -0.25) is 0 Å². The van der Waals surface area contributed by atoms with Crippen LogP contribution in [0.25, 0.3) is 28.1 Å². The predicted molar refractivity (Wildman–Crippen MR) is 124 cm³/mol. The number of fused-ring (bicyclic) bond motifs is 1. The van der Waals surface area contributed by atoms with Crippen LogP contribution in [0.4, 0.5) is 32.2 Å². The van der Waals surface area contributed by atoms with Gasteiger partial charge in [-0.25, -0.2) is 19.9 Å². The first-order chi connectivity index (χ1) is 18.3. The molecule has 4 aromatic heterocycles. The van der Waals surface area contributed by atoms with Gasteiger partial charge in [0.1, 0.15) is 18.5 Å². The lowest BCUT2D eigenvalue weighted by Gasteiger charge is -2.26. The van der Waals surface area contributed by atoms with Crippen LogP contribution in [0.5, 0.6) is 0 Å². The largest absolute Gasteiger partial charge is 0.471 e. The molecule has 17 heteroatoms. The van der Waals surface area contributed by atoms with Crippen molar-refractivity contribution in [3.8, 4) is 17.2 Å². The predicted octanol–water partition coefficient (Wildman–Crippen LogP) is 5.54. The van der Waals surface area contributed by atoms with Crippen LogP contribution < -0.4 is 4.90 Å². The quantitative estimate of drug-likeness (QED) is 0.252. The number of halogens is 7. The lowest BCUT2D eigenvalue weighted by molar-refractivity contribution is -0.159. The summed E-state index contributed by atoms with van der Waals surface area (Å²) in [5.74, 6) is -1.04. The van der Waals surface area contributed by atoms with E-state index < -0.39 is 29.8 Å². The summed E-state index contributed by atoms with van der Waals surface area (Å²) in [6.45, 7) is 1.72. The number of nitrogens with zero attached hydrogens (tertiary/aromatic N) is 9. The number of aromatic nitrogens is 8. The van der Waals surface area contributed by atoms with E-state index in [1.165, 1.54) is 35.4 Å². The number of anilines is 1. The van der Waals surface area contributed by atoms with Crippen molar-refractivity contribution in [1.29, 1.82) is 0 Å². The number of rotatable bonds is 5. The molecule has 0 amide bonds. The summed E-state index contributed by atoms with van der Waals surface area (Å²) < 4.78 is 84.7. The van der Waals surface area contributed by atoms with Crippen molar-refractivity contribution in [1.82, 2.24) is 39.9 Å². The van der Waals surface area contributed by atoms with Crippen LogP contribution >= 0.6 is 11.6 Å². The number of benzene rings is 1. The first-order valence-electron chi connectivity index (χ1n) is 10.9. The zero-order valence-corrected chi connectivity index (χ0v) is 20.5. The van der Waals surface area contributed by atoms with Gasteiger partial charge < -0.3 is 9.42 Å². The Kier molecular flexibility index (Phi) is 6.36. The standard InChI is InChI=1S/C22H14ClF6N9O/c1-10(37(2)19-13-5-12(23)6-14(21(24,25)26)16(13)31-8-32-19)18-33-9-34-38(18)15-4-3-11(7-30-15)17-35-20(39-36-17)22(27,28)29/h3-10H,1-2H3/t10-/m0/s1. The minimum Gasteiger partial charge on any atom is -0.349 e. The lowest BCUT2D eigenvalue weighted by atomic mass is 10.1. The SMILES string of the molecule is C[C@@H](c1ncnn1-c1ccc(-c2noc(C(F)(F)F)n2)cn1)N(C)c1ncnc2c(C(F)(F)F)cc(Cl)cc12. The van der Waals surface area contributed by atoms with Crippen molar-refractivity contribution < 1.29 is 30.9 Å². The molecule has 0 saturated heterocycles. The molecule has 0 saturated carbocycles. The molecule has 1 aromatic carbocycles. The third-order valence-electron chi connectivity index (χ3n) is 5.74. The fourth-order valence-electron chi connectivity index (χ4n) is 3.78. The Morgan fingerprint density at radius 1 is 0.974 bits per heavy atom. The molecule has 202 valence electrons. The van der Waals surface area contributed by atoms with Gasteiger partial charge >= 0.3 is 18.2 Å². The minimum absolute atomic E-state index is 0.0820. The summed E-state index contributed by atoms with van der Waals surface area (Å²) in [5.41, 5.74) is -1.15. The van der Waals surface area contributed by atoms with Crippen molar-refractivity contribution in [3.63, 3.8) is 0 Å². The molecule has 0 bridgehead atoms. The molecule has 10 nitrogen and oxygen atoms in total. The molecule has 5 rings (SSSR count). The van der Waals surface area contributed by atoms with Crippen LogP contribution in [0.2, 0.25) is 5.02 Å². The van der Waals surface area contributed by atoms with Gasteiger partial charge in [-0.05, 0) is 31.2 Å². The van der Waals surface area contributed by atoms with Crippen molar-refractivity contribution >= 4 is 28.3 Å². The number of hydrogen-bond donors (Lipinski definition) is 0. The molecule has 0 fully saturated rings. The second-order valence-corrected chi connectivity index (χ2v) is 8.62. The van der Waals surface area contributed by atoms with Crippen molar-refractivity contribution in [3.05, 3.63) is 65.4 Å². The van der Waals surface area contributed by atoms with E-state index in [1.54, 1.807) is 18.9 Å². The monoisotopic (exact) mass is 569 g/mol. The fraction of sp³-hybridized carbons (Fsp3) is 0.227. The van der Waals surface area contributed by atoms with Crippen LogP contribution in [0.3, 0.4) is 0 Å². The first-order valence-corrected chi connectivity index (χ1v) is 11.2. The number of alkyl halides is 6. The van der Waals surface area contributed by atoms with Gasteiger partial charge in [0, 0.05) is 29.2 Å². The molecule has 0 aliphatic carbocycles. The first kappa shape index (κ1) is 26.3. The lowest BCUT2D eigenvalue weighted by Crippen LogP contribution is -2.26. The molecule has 1 atom stereocenters. The van der Waals surface area contributed by atoms with Gasteiger partial charge in [-0.2, -0.15) is 41.1 Å². The van der Waals surface area contributed by atoms with Crippen LogP contribution in [0, 0.1) is 0 Å². The zero-order valence-electron chi connectivity index (χ0n) is 19.7. The van der Waals surface area contributed by atoms with Gasteiger partial charge in [-0.1, -0.05) is 16.8 Å². The van der Waals surface area contributed by atoms with E-state index in [9.17, 15) is 26.3 Å². The summed E-state index contributed by atoms with van der Waals surface area (Å²) in [4.78, 5) is 21.4. The van der Waals surface area contributed by atoms with Crippen LogP contribution in [-0.4, -0.2) is 46.9 Å². The molecule has 0 aliphatic rings. The average Bonchev–Trinajstić information content (AvgIpc) is 3.57. The molecule has 0 aliphatic heterocycles. The Labute approximate surface area is 219 Å². The van der Waals surface area contributed by atoms with E-state index >= 15 is 0 Å². The van der Waals surface area contributed by atoms with Gasteiger partial charge in [0.25, 0.3) is 0 Å². The van der Waals surface area contributed by atoms with E-state index in [0.717, 1.165) is 12.4 Å². The smallest absolute Gasteiger partial charge is 0.349 e. The normalized spacial score (nSPS) is 13.2. The third kappa shape index (κ3) is 4.94. The van der Waals surface area contributed by atoms with Crippen LogP contribution in [0.1, 0.15) is 30.2 Å². The molecule has 4 heterocycles. The molecular formula is C22H14ClF6N9O. The maximum Gasteiger partial charge on any atom is 0.471 e. The Hall–Kier alpha value is -4.34. The Morgan fingerprint density at radius 3 is 2.38 bits per heavy atom. The van der Waals surface area contributed by atoms with E-state index in [4.69, 9.17) is 11.6 Å². The molecule has 0 N–H and O–H groups in total. The maximum absolute atomic E-state index is 13.6. The van der Waals surface area contributed by atoms with E-state index in [2.05, 4.69) is 39.7 Å². The highest BCUT2D eigenvalue weighted by Gasteiger charge is 2.38. The summed E-state index contributed by atoms with van der Waals surface area (Å²) >= 11 is 5.99. The molecule has 39 heavy (non-hydrogen) atoms. The summed E-state index contributed by atoms with van der Waals surface area (Å²) in [6.07, 6.45) is -5.96. The van der Waals surface area contributed by atoms with Gasteiger partial charge in [0.15, 0.2) is 11.6 Å². The van der Waals surface area contributed by atoms with Crippen molar-refractivity contribution in [2.45, 2.75) is 25.3 Å². The highest BCUT2D eigenvalue weighted by molar-refractivity contribution is 6.31.